The number of nitrogens with one attached hydrogen (secondary N) is 2. The van der Waals surface area contributed by atoms with Crippen LogP contribution in [0, 0.1) is 6.92 Å². The maximum Gasteiger partial charge on any atom is 0.0540 e. The van der Waals surface area contributed by atoms with E-state index in [-0.39, 0.29) is 0 Å². The first-order chi connectivity index (χ1) is 7.18. The van der Waals surface area contributed by atoms with Gasteiger partial charge in [0.05, 0.1) is 6.20 Å². The lowest BCUT2D eigenvalue weighted by Gasteiger charge is -2.18. The summed E-state index contributed by atoms with van der Waals surface area (Å²) in [7, 11) is 1.99. The van der Waals surface area contributed by atoms with Crippen LogP contribution in [0.15, 0.2) is 6.20 Å². The minimum absolute atomic E-state index is 0.392. The van der Waals surface area contributed by atoms with Gasteiger partial charge in [-0.05, 0) is 26.8 Å². The molecule has 0 spiro atoms. The van der Waals surface area contributed by atoms with Gasteiger partial charge in [-0.1, -0.05) is 0 Å². The molecular formula is C11H20N4. The predicted octanol–water partition coefficient (Wildman–Crippen LogP) is 0.741. The van der Waals surface area contributed by atoms with Gasteiger partial charge in [0.1, 0.15) is 0 Å². The normalized spacial score (nSPS) is 23.3. The van der Waals surface area contributed by atoms with E-state index in [4.69, 9.17) is 0 Å². The lowest BCUT2D eigenvalue weighted by atomic mass is 10.1. The van der Waals surface area contributed by atoms with Gasteiger partial charge in [0, 0.05) is 36.9 Å². The van der Waals surface area contributed by atoms with Crippen LogP contribution in [0.1, 0.15) is 30.6 Å². The maximum absolute atomic E-state index is 4.27. The first kappa shape index (κ1) is 10.6. The third-order valence-electron chi connectivity index (χ3n) is 3.29. The molecule has 0 amide bonds. The Morgan fingerprint density at radius 1 is 1.67 bits per heavy atom. The van der Waals surface area contributed by atoms with Gasteiger partial charge in [0.25, 0.3) is 0 Å². The molecule has 15 heavy (non-hydrogen) atoms. The zero-order chi connectivity index (χ0) is 10.8. The Morgan fingerprint density at radius 3 is 3.00 bits per heavy atom. The molecule has 0 aliphatic carbocycles. The van der Waals surface area contributed by atoms with Crippen molar-refractivity contribution in [1.29, 1.82) is 0 Å². The highest BCUT2D eigenvalue weighted by Gasteiger charge is 2.19. The Balaban J connectivity index is 2.00. The van der Waals surface area contributed by atoms with Gasteiger partial charge in [-0.2, -0.15) is 5.10 Å². The van der Waals surface area contributed by atoms with E-state index in [9.17, 15) is 0 Å². The van der Waals surface area contributed by atoms with Gasteiger partial charge in [-0.15, -0.1) is 0 Å². The lowest BCUT2D eigenvalue weighted by molar-refractivity contribution is 0.476. The van der Waals surface area contributed by atoms with Gasteiger partial charge < -0.3 is 10.6 Å². The summed E-state index contributed by atoms with van der Waals surface area (Å²) in [6.07, 6.45) is 3.19. The quantitative estimate of drug-likeness (QED) is 0.770. The van der Waals surface area contributed by atoms with E-state index in [0.717, 1.165) is 13.1 Å². The highest BCUT2D eigenvalue weighted by atomic mass is 15.3. The van der Waals surface area contributed by atoms with E-state index >= 15 is 0 Å². The topological polar surface area (TPSA) is 41.9 Å². The van der Waals surface area contributed by atoms with Gasteiger partial charge in [0.2, 0.25) is 0 Å². The van der Waals surface area contributed by atoms with Crippen LogP contribution in [0.5, 0.6) is 0 Å². The first-order valence-corrected chi connectivity index (χ1v) is 5.63. The molecule has 2 N–H and O–H groups in total. The summed E-state index contributed by atoms with van der Waals surface area (Å²) in [4.78, 5) is 0. The zero-order valence-electron chi connectivity index (χ0n) is 9.75. The second-order valence-corrected chi connectivity index (χ2v) is 4.39. The number of hydrogen-bond donors (Lipinski definition) is 2. The minimum atomic E-state index is 0.392. The van der Waals surface area contributed by atoms with Gasteiger partial charge in [-0.3, -0.25) is 4.68 Å². The van der Waals surface area contributed by atoms with Crippen LogP contribution < -0.4 is 10.6 Å². The summed E-state index contributed by atoms with van der Waals surface area (Å²) < 4.78 is 1.93. The number of rotatable bonds is 3. The fourth-order valence-corrected chi connectivity index (χ4v) is 2.18. The van der Waals surface area contributed by atoms with E-state index < -0.39 is 0 Å². The second kappa shape index (κ2) is 4.33. The van der Waals surface area contributed by atoms with Gasteiger partial charge in [0.15, 0.2) is 0 Å². The number of hydrogen-bond acceptors (Lipinski definition) is 3. The average Bonchev–Trinajstić information content (AvgIpc) is 2.79. The summed E-state index contributed by atoms with van der Waals surface area (Å²) in [5.74, 6) is 0. The summed E-state index contributed by atoms with van der Waals surface area (Å²) >= 11 is 0. The van der Waals surface area contributed by atoms with Crippen molar-refractivity contribution in [2.45, 2.75) is 32.4 Å². The monoisotopic (exact) mass is 208 g/mol. The third kappa shape index (κ3) is 2.21. The highest BCUT2D eigenvalue weighted by molar-refractivity contribution is 5.19. The van der Waals surface area contributed by atoms with E-state index in [1.807, 2.05) is 17.9 Å². The molecule has 1 aromatic heterocycles. The van der Waals surface area contributed by atoms with Gasteiger partial charge in [-0.25, -0.2) is 0 Å². The second-order valence-electron chi connectivity index (χ2n) is 4.39. The van der Waals surface area contributed by atoms with Crippen LogP contribution in [-0.2, 0) is 7.05 Å². The summed E-state index contributed by atoms with van der Waals surface area (Å²) in [5.41, 5.74) is 2.56. The Labute approximate surface area is 91.1 Å². The molecule has 2 heterocycles. The molecule has 4 heteroatoms. The molecule has 0 bridgehead atoms. The molecule has 2 unspecified atom stereocenters. The maximum atomic E-state index is 4.27. The molecular weight excluding hydrogens is 188 g/mol. The van der Waals surface area contributed by atoms with Crippen LogP contribution in [0.4, 0.5) is 0 Å². The Kier molecular flexibility index (Phi) is 3.07. The summed E-state index contributed by atoms with van der Waals surface area (Å²) in [6, 6.07) is 1.00. The van der Waals surface area contributed by atoms with Crippen molar-refractivity contribution in [2.75, 3.05) is 13.1 Å². The van der Waals surface area contributed by atoms with Crippen LogP contribution in [0.2, 0.25) is 0 Å². The van der Waals surface area contributed by atoms with Crippen LogP contribution in [-0.4, -0.2) is 28.9 Å². The number of nitrogens with zero attached hydrogens (tertiary/aromatic N) is 2. The number of aryl methyl sites for hydroxylation is 1. The van der Waals surface area contributed by atoms with Crippen molar-refractivity contribution in [2.24, 2.45) is 7.05 Å². The van der Waals surface area contributed by atoms with Crippen molar-refractivity contribution in [3.63, 3.8) is 0 Å². The molecule has 84 valence electrons. The summed E-state index contributed by atoms with van der Waals surface area (Å²) in [5, 5.41) is 11.3. The van der Waals surface area contributed by atoms with E-state index in [1.165, 1.54) is 17.7 Å². The van der Waals surface area contributed by atoms with Crippen LogP contribution in [0.25, 0.3) is 0 Å². The average molecular weight is 208 g/mol. The Bertz CT molecular complexity index is 325. The molecule has 0 radical (unpaired) electrons. The molecule has 1 saturated heterocycles. The van der Waals surface area contributed by atoms with Crippen molar-refractivity contribution in [1.82, 2.24) is 20.4 Å². The SMILES string of the molecule is Cc1c(C(C)NC2CCNC2)cnn1C. The standard InChI is InChI=1S/C11H20N4/c1-8(14-10-4-5-12-6-10)11-7-13-15(3)9(11)2/h7-8,10,12,14H,4-6H2,1-3H3. The van der Waals surface area contributed by atoms with E-state index in [0.29, 0.717) is 12.1 Å². The van der Waals surface area contributed by atoms with Crippen molar-refractivity contribution in [3.8, 4) is 0 Å². The highest BCUT2D eigenvalue weighted by Crippen LogP contribution is 2.17. The Hall–Kier alpha value is -0.870. The zero-order valence-corrected chi connectivity index (χ0v) is 9.75. The summed E-state index contributed by atoms with van der Waals surface area (Å²) in [6.45, 7) is 6.55. The van der Waals surface area contributed by atoms with Crippen molar-refractivity contribution >= 4 is 0 Å². The van der Waals surface area contributed by atoms with Crippen molar-refractivity contribution < 1.29 is 0 Å². The first-order valence-electron chi connectivity index (χ1n) is 5.63. The molecule has 1 aliphatic rings. The van der Waals surface area contributed by atoms with Crippen molar-refractivity contribution in [3.05, 3.63) is 17.5 Å². The van der Waals surface area contributed by atoms with Gasteiger partial charge >= 0.3 is 0 Å². The molecule has 2 rings (SSSR count). The third-order valence-corrected chi connectivity index (χ3v) is 3.29. The lowest BCUT2D eigenvalue weighted by Crippen LogP contribution is -2.33. The molecule has 1 aliphatic heterocycles. The van der Waals surface area contributed by atoms with Crippen LogP contribution in [0.3, 0.4) is 0 Å². The predicted molar refractivity (Wildman–Crippen MR) is 60.8 cm³/mol. The number of aromatic nitrogens is 2. The largest absolute Gasteiger partial charge is 0.315 e. The Morgan fingerprint density at radius 2 is 2.47 bits per heavy atom. The molecule has 0 aromatic carbocycles. The molecule has 2 atom stereocenters. The van der Waals surface area contributed by atoms with E-state index in [2.05, 4.69) is 29.6 Å². The van der Waals surface area contributed by atoms with Crippen LogP contribution >= 0.6 is 0 Å². The molecule has 1 fully saturated rings. The fourth-order valence-electron chi connectivity index (χ4n) is 2.18. The minimum Gasteiger partial charge on any atom is -0.315 e. The fraction of sp³-hybridized carbons (Fsp3) is 0.727. The molecule has 1 aromatic rings. The van der Waals surface area contributed by atoms with E-state index in [1.54, 1.807) is 0 Å². The smallest absolute Gasteiger partial charge is 0.0540 e. The molecule has 0 saturated carbocycles. The molecule has 4 nitrogen and oxygen atoms in total.